The van der Waals surface area contributed by atoms with Crippen LogP contribution >= 0.6 is 0 Å². The van der Waals surface area contributed by atoms with E-state index >= 15 is 0 Å². The maximum absolute atomic E-state index is 15.0. The van der Waals surface area contributed by atoms with Crippen molar-refractivity contribution >= 4 is 17.5 Å². The summed E-state index contributed by atoms with van der Waals surface area (Å²) in [6.07, 6.45) is 12.1. The zero-order valence-corrected chi connectivity index (χ0v) is 34.3. The molecule has 3 aliphatic carbocycles. The minimum absolute atomic E-state index is 0.000399. The average Bonchev–Trinajstić information content (AvgIpc) is 3.27. The van der Waals surface area contributed by atoms with Gasteiger partial charge in [-0.05, 0) is 94.5 Å². The van der Waals surface area contributed by atoms with Crippen molar-refractivity contribution in [2.45, 2.75) is 111 Å². The number of aromatic hydroxyl groups is 2. The van der Waals surface area contributed by atoms with Crippen molar-refractivity contribution < 1.29 is 38.8 Å². The molecule has 6 aliphatic rings. The SMILES string of the molecule is CC(C)=CCC/C(C)=C/Cc1c(O)c(CC=C(C)C)c2c(c1O)C(=O)C1=CC3CC4C(C)(C)OC(C/C=C(\C)C(=O)OCCN5CCN(C)CC5)(C3=O)C14O2. The lowest BCUT2D eigenvalue weighted by Gasteiger charge is -2.56. The Morgan fingerprint density at radius 1 is 0.927 bits per heavy atom. The van der Waals surface area contributed by atoms with Gasteiger partial charge in [0.1, 0.15) is 29.4 Å². The van der Waals surface area contributed by atoms with Gasteiger partial charge < -0.3 is 29.3 Å². The molecule has 0 aromatic heterocycles. The number of likely N-dealkylation sites (N-methyl/N-ethyl adjacent to an activating group) is 1. The number of benzene rings is 1. The lowest BCUT2D eigenvalue weighted by Crippen LogP contribution is -2.72. The Balaban J connectivity index is 1.37. The third-order valence-electron chi connectivity index (χ3n) is 12.4. The topological polar surface area (TPSA) is 126 Å². The second kappa shape index (κ2) is 15.5. The summed E-state index contributed by atoms with van der Waals surface area (Å²) in [6, 6.07) is 0. The quantitative estimate of drug-likeness (QED) is 0.124. The number of phenolic OH excluding ortho intramolecular Hbond substituents is 2. The van der Waals surface area contributed by atoms with Gasteiger partial charge >= 0.3 is 5.97 Å². The Labute approximate surface area is 326 Å². The predicted molar refractivity (Wildman–Crippen MR) is 213 cm³/mol. The number of fused-ring (bicyclic) bond motifs is 1. The molecule has 298 valence electrons. The maximum atomic E-state index is 15.0. The summed E-state index contributed by atoms with van der Waals surface area (Å²) in [6.45, 7) is 20.2. The van der Waals surface area contributed by atoms with Crippen LogP contribution < -0.4 is 4.74 Å². The minimum atomic E-state index is -1.63. The number of rotatable bonds is 13. The highest BCUT2D eigenvalue weighted by atomic mass is 16.6. The summed E-state index contributed by atoms with van der Waals surface area (Å²) in [5.74, 6) is -2.48. The number of carbonyl (C=O) groups is 3. The van der Waals surface area contributed by atoms with E-state index in [1.54, 1.807) is 19.1 Å². The fourth-order valence-corrected chi connectivity index (χ4v) is 9.25. The van der Waals surface area contributed by atoms with E-state index in [1.807, 2.05) is 46.8 Å². The fraction of sp³-hybridized carbons (Fsp3) is 0.578. The summed E-state index contributed by atoms with van der Waals surface area (Å²) in [7, 11) is 2.10. The molecule has 2 N–H and O–H groups in total. The van der Waals surface area contributed by atoms with Crippen LogP contribution in [0.3, 0.4) is 0 Å². The van der Waals surface area contributed by atoms with Gasteiger partial charge in [-0.15, -0.1) is 0 Å². The molecule has 3 aliphatic heterocycles. The van der Waals surface area contributed by atoms with E-state index in [4.69, 9.17) is 14.2 Å². The van der Waals surface area contributed by atoms with Gasteiger partial charge in [0.15, 0.2) is 22.8 Å². The molecule has 0 radical (unpaired) electrons. The Morgan fingerprint density at radius 3 is 2.27 bits per heavy atom. The highest BCUT2D eigenvalue weighted by Gasteiger charge is 2.81. The molecule has 4 unspecified atom stereocenters. The number of ketones is 2. The minimum Gasteiger partial charge on any atom is -0.507 e. The molecule has 10 heteroatoms. The molecule has 3 heterocycles. The number of esters is 1. The number of allylic oxidation sites excluding steroid dienone is 7. The first-order valence-corrected chi connectivity index (χ1v) is 19.9. The summed E-state index contributed by atoms with van der Waals surface area (Å²) in [4.78, 5) is 47.3. The highest BCUT2D eigenvalue weighted by molar-refractivity contribution is 6.18. The lowest BCUT2D eigenvalue weighted by molar-refractivity contribution is -0.171. The summed E-state index contributed by atoms with van der Waals surface area (Å²) >= 11 is 0. The molecule has 1 spiro atoms. The van der Waals surface area contributed by atoms with Crippen LogP contribution in [0.15, 0.2) is 58.2 Å². The van der Waals surface area contributed by atoms with E-state index in [2.05, 4.69) is 36.8 Å². The molecular formula is C45H60N2O8. The Kier molecular flexibility index (Phi) is 11.5. The Morgan fingerprint density at radius 2 is 1.60 bits per heavy atom. The molecule has 3 fully saturated rings. The van der Waals surface area contributed by atoms with Crippen LogP contribution in [0.4, 0.5) is 0 Å². The fourth-order valence-electron chi connectivity index (χ4n) is 9.25. The van der Waals surface area contributed by atoms with E-state index in [1.165, 1.54) is 5.57 Å². The number of ether oxygens (including phenoxy) is 3. The molecular weight excluding hydrogens is 697 g/mol. The first-order chi connectivity index (χ1) is 25.9. The summed E-state index contributed by atoms with van der Waals surface area (Å²) in [5, 5.41) is 23.8. The van der Waals surface area contributed by atoms with Crippen molar-refractivity contribution in [2.24, 2.45) is 11.8 Å². The number of hydrogen-bond acceptors (Lipinski definition) is 10. The van der Waals surface area contributed by atoms with Gasteiger partial charge in [-0.3, -0.25) is 14.5 Å². The highest BCUT2D eigenvalue weighted by Crippen LogP contribution is 2.68. The Hall–Kier alpha value is -3.99. The number of piperazine rings is 1. The van der Waals surface area contributed by atoms with Crippen molar-refractivity contribution in [1.82, 2.24) is 9.80 Å². The first-order valence-electron chi connectivity index (χ1n) is 19.9. The van der Waals surface area contributed by atoms with Gasteiger partial charge in [0.05, 0.1) is 5.60 Å². The number of carbonyl (C=O) groups excluding carboxylic acids is 3. The number of Topliss-reactive ketones (excluding diaryl/α,β-unsaturated/α-hetero) is 2. The monoisotopic (exact) mass is 756 g/mol. The van der Waals surface area contributed by atoms with Crippen LogP contribution in [-0.2, 0) is 31.9 Å². The average molecular weight is 757 g/mol. The van der Waals surface area contributed by atoms with Crippen LogP contribution in [0.1, 0.15) is 103 Å². The van der Waals surface area contributed by atoms with E-state index in [0.717, 1.165) is 50.2 Å². The zero-order chi connectivity index (χ0) is 40.0. The maximum Gasteiger partial charge on any atom is 0.333 e. The van der Waals surface area contributed by atoms with Crippen molar-refractivity contribution in [1.29, 1.82) is 0 Å². The lowest BCUT2D eigenvalue weighted by atomic mass is 9.51. The van der Waals surface area contributed by atoms with Gasteiger partial charge in [-0.1, -0.05) is 47.1 Å². The van der Waals surface area contributed by atoms with Crippen molar-refractivity contribution in [3.8, 4) is 17.2 Å². The molecule has 55 heavy (non-hydrogen) atoms. The van der Waals surface area contributed by atoms with Gasteiger partial charge in [0, 0.05) is 73.3 Å². The molecule has 1 saturated carbocycles. The van der Waals surface area contributed by atoms with E-state index < -0.39 is 40.4 Å². The molecule has 1 aromatic carbocycles. The van der Waals surface area contributed by atoms with Gasteiger partial charge in [0.2, 0.25) is 0 Å². The molecule has 4 atom stereocenters. The van der Waals surface area contributed by atoms with E-state index in [0.29, 0.717) is 29.7 Å². The number of hydrogen-bond donors (Lipinski definition) is 2. The zero-order valence-electron chi connectivity index (χ0n) is 34.3. The summed E-state index contributed by atoms with van der Waals surface area (Å²) < 4.78 is 19.6. The largest absolute Gasteiger partial charge is 0.507 e. The van der Waals surface area contributed by atoms with Crippen LogP contribution in [0.25, 0.3) is 0 Å². The smallest absolute Gasteiger partial charge is 0.333 e. The molecule has 0 amide bonds. The van der Waals surface area contributed by atoms with Gasteiger partial charge in [-0.25, -0.2) is 4.79 Å². The van der Waals surface area contributed by atoms with E-state index in [9.17, 15) is 24.6 Å². The second-order valence-corrected chi connectivity index (χ2v) is 17.3. The molecule has 2 saturated heterocycles. The predicted octanol–water partition coefficient (Wildman–Crippen LogP) is 6.98. The van der Waals surface area contributed by atoms with Crippen molar-refractivity contribution in [2.75, 3.05) is 46.4 Å². The van der Waals surface area contributed by atoms with Crippen molar-refractivity contribution in [3.05, 3.63) is 74.9 Å². The van der Waals surface area contributed by atoms with Crippen LogP contribution in [0, 0.1) is 11.8 Å². The standard InChI is InChI=1S/C45H60N2O8/c1-27(2)11-10-12-29(5)14-16-32-37(48)33(15-13-28(3)4)40-36(38(32)49)39(50)34-25-31-26-35-43(7,8)55-44(41(31)51,45(34,35)54-40)18-17-30(6)42(52)53-24-23-47-21-19-46(9)20-22-47/h11,13-14,17,25,31,35,48-49H,10,12,15-16,18-24,26H2,1-9H3/b29-14+,30-17+. The normalized spacial score (nSPS) is 27.3. The third kappa shape index (κ3) is 7.26. The molecule has 1 aromatic rings. The van der Waals surface area contributed by atoms with E-state index in [-0.39, 0.29) is 60.0 Å². The molecule has 7 rings (SSSR count). The second-order valence-electron chi connectivity index (χ2n) is 17.3. The molecule has 10 nitrogen and oxygen atoms in total. The van der Waals surface area contributed by atoms with Crippen molar-refractivity contribution in [3.63, 3.8) is 0 Å². The van der Waals surface area contributed by atoms with Crippen LogP contribution in [-0.4, -0.2) is 101 Å². The Bertz CT molecular complexity index is 1900. The van der Waals surface area contributed by atoms with Gasteiger partial charge in [0.25, 0.3) is 0 Å². The van der Waals surface area contributed by atoms with Crippen LogP contribution in [0.2, 0.25) is 0 Å². The number of phenols is 2. The van der Waals surface area contributed by atoms with Gasteiger partial charge in [-0.2, -0.15) is 0 Å². The number of nitrogens with zero attached hydrogens (tertiary/aromatic N) is 2. The summed E-state index contributed by atoms with van der Waals surface area (Å²) in [5.41, 5.74) is 0.565. The molecule has 4 bridgehead atoms. The first kappa shape index (κ1) is 40.7. The van der Waals surface area contributed by atoms with Crippen LogP contribution in [0.5, 0.6) is 17.2 Å². The third-order valence-corrected chi connectivity index (χ3v) is 12.4.